The van der Waals surface area contributed by atoms with Crippen molar-refractivity contribution in [1.82, 2.24) is 4.90 Å². The van der Waals surface area contributed by atoms with Crippen LogP contribution < -0.4 is 5.73 Å². The SMILES string of the molecule is C[C@@H]1C[C@H](N)CN1Cc1ccccc1. The molecule has 0 unspecified atom stereocenters. The molecule has 1 aliphatic rings. The van der Waals surface area contributed by atoms with Gasteiger partial charge in [-0.05, 0) is 18.9 Å². The summed E-state index contributed by atoms with van der Waals surface area (Å²) in [6.45, 7) is 4.33. The molecule has 0 aliphatic carbocycles. The zero-order chi connectivity index (χ0) is 9.97. The van der Waals surface area contributed by atoms with Gasteiger partial charge in [-0.1, -0.05) is 30.3 Å². The fraction of sp³-hybridized carbons (Fsp3) is 0.500. The van der Waals surface area contributed by atoms with Crippen molar-refractivity contribution in [1.29, 1.82) is 0 Å². The van der Waals surface area contributed by atoms with E-state index in [0.29, 0.717) is 12.1 Å². The first kappa shape index (κ1) is 9.69. The lowest BCUT2D eigenvalue weighted by Crippen LogP contribution is -2.28. The molecular formula is C12H18N2. The Kier molecular flexibility index (Phi) is 2.85. The summed E-state index contributed by atoms with van der Waals surface area (Å²) in [7, 11) is 0. The van der Waals surface area contributed by atoms with Crippen molar-refractivity contribution < 1.29 is 0 Å². The van der Waals surface area contributed by atoms with Gasteiger partial charge in [-0.3, -0.25) is 4.90 Å². The molecule has 2 heteroatoms. The van der Waals surface area contributed by atoms with E-state index in [-0.39, 0.29) is 0 Å². The van der Waals surface area contributed by atoms with E-state index < -0.39 is 0 Å². The average Bonchev–Trinajstić information content (AvgIpc) is 2.47. The average molecular weight is 190 g/mol. The molecular weight excluding hydrogens is 172 g/mol. The van der Waals surface area contributed by atoms with Crippen LogP contribution in [0.4, 0.5) is 0 Å². The molecule has 1 aliphatic heterocycles. The van der Waals surface area contributed by atoms with Crippen molar-refractivity contribution in [3.63, 3.8) is 0 Å². The maximum atomic E-state index is 5.93. The smallest absolute Gasteiger partial charge is 0.0237 e. The fourth-order valence-electron chi connectivity index (χ4n) is 2.18. The Morgan fingerprint density at radius 1 is 1.36 bits per heavy atom. The van der Waals surface area contributed by atoms with Gasteiger partial charge in [0.25, 0.3) is 0 Å². The summed E-state index contributed by atoms with van der Waals surface area (Å²) in [5.41, 5.74) is 7.31. The van der Waals surface area contributed by atoms with Crippen molar-refractivity contribution in [2.75, 3.05) is 6.54 Å². The highest BCUT2D eigenvalue weighted by molar-refractivity contribution is 5.14. The number of nitrogens with two attached hydrogens (primary N) is 1. The molecule has 1 heterocycles. The number of likely N-dealkylation sites (tertiary alicyclic amines) is 1. The van der Waals surface area contributed by atoms with Crippen molar-refractivity contribution >= 4 is 0 Å². The van der Waals surface area contributed by atoms with Crippen LogP contribution in [-0.2, 0) is 6.54 Å². The molecule has 2 atom stereocenters. The third-order valence-electron chi connectivity index (χ3n) is 2.96. The van der Waals surface area contributed by atoms with E-state index in [1.807, 2.05) is 0 Å². The number of benzene rings is 1. The van der Waals surface area contributed by atoms with Gasteiger partial charge in [0.2, 0.25) is 0 Å². The Morgan fingerprint density at radius 3 is 2.64 bits per heavy atom. The third kappa shape index (κ3) is 2.14. The van der Waals surface area contributed by atoms with Gasteiger partial charge in [0.1, 0.15) is 0 Å². The van der Waals surface area contributed by atoms with E-state index in [9.17, 15) is 0 Å². The van der Waals surface area contributed by atoms with Gasteiger partial charge in [0.05, 0.1) is 0 Å². The van der Waals surface area contributed by atoms with Gasteiger partial charge in [-0.15, -0.1) is 0 Å². The van der Waals surface area contributed by atoms with Gasteiger partial charge < -0.3 is 5.73 Å². The summed E-state index contributed by atoms with van der Waals surface area (Å²) in [5.74, 6) is 0. The largest absolute Gasteiger partial charge is 0.326 e. The number of rotatable bonds is 2. The van der Waals surface area contributed by atoms with Crippen molar-refractivity contribution in [3.05, 3.63) is 35.9 Å². The van der Waals surface area contributed by atoms with Crippen LogP contribution in [0.2, 0.25) is 0 Å². The van der Waals surface area contributed by atoms with E-state index in [1.165, 1.54) is 5.56 Å². The highest BCUT2D eigenvalue weighted by Crippen LogP contribution is 2.18. The molecule has 14 heavy (non-hydrogen) atoms. The Balaban J connectivity index is 1.98. The Labute approximate surface area is 85.7 Å². The molecule has 2 N–H and O–H groups in total. The highest BCUT2D eigenvalue weighted by atomic mass is 15.2. The van der Waals surface area contributed by atoms with Crippen molar-refractivity contribution in [2.45, 2.75) is 32.0 Å². The zero-order valence-electron chi connectivity index (χ0n) is 8.69. The third-order valence-corrected chi connectivity index (χ3v) is 2.96. The molecule has 0 spiro atoms. The van der Waals surface area contributed by atoms with E-state index in [0.717, 1.165) is 19.5 Å². The second kappa shape index (κ2) is 4.11. The molecule has 0 amide bonds. The zero-order valence-corrected chi connectivity index (χ0v) is 8.69. The van der Waals surface area contributed by atoms with Crippen LogP contribution in [0.25, 0.3) is 0 Å². The molecule has 1 aromatic carbocycles. The highest BCUT2D eigenvalue weighted by Gasteiger charge is 2.25. The monoisotopic (exact) mass is 190 g/mol. The standard InChI is InChI=1S/C12H18N2/c1-10-7-12(13)9-14(10)8-11-5-3-2-4-6-11/h2-6,10,12H,7-9,13H2,1H3/t10-,12+/m1/s1. The number of hydrogen-bond acceptors (Lipinski definition) is 2. The van der Waals surface area contributed by atoms with Crippen LogP contribution in [0.1, 0.15) is 18.9 Å². The first-order valence-corrected chi connectivity index (χ1v) is 5.29. The first-order chi connectivity index (χ1) is 6.75. The quantitative estimate of drug-likeness (QED) is 0.767. The second-order valence-corrected chi connectivity index (χ2v) is 4.26. The van der Waals surface area contributed by atoms with Gasteiger partial charge in [-0.2, -0.15) is 0 Å². The van der Waals surface area contributed by atoms with Gasteiger partial charge in [0, 0.05) is 25.2 Å². The van der Waals surface area contributed by atoms with Crippen LogP contribution >= 0.6 is 0 Å². The van der Waals surface area contributed by atoms with Crippen LogP contribution in [0.3, 0.4) is 0 Å². The predicted octanol–water partition coefficient (Wildman–Crippen LogP) is 1.61. The molecule has 2 nitrogen and oxygen atoms in total. The lowest BCUT2D eigenvalue weighted by molar-refractivity contribution is 0.259. The minimum Gasteiger partial charge on any atom is -0.326 e. The molecule has 76 valence electrons. The number of hydrogen-bond donors (Lipinski definition) is 1. The topological polar surface area (TPSA) is 29.3 Å². The van der Waals surface area contributed by atoms with Crippen LogP contribution in [-0.4, -0.2) is 23.5 Å². The fourth-order valence-corrected chi connectivity index (χ4v) is 2.18. The molecule has 1 fully saturated rings. The summed E-state index contributed by atoms with van der Waals surface area (Å²) in [4.78, 5) is 2.46. The molecule has 1 saturated heterocycles. The van der Waals surface area contributed by atoms with Crippen molar-refractivity contribution in [3.8, 4) is 0 Å². The Hall–Kier alpha value is -0.860. The normalized spacial score (nSPS) is 28.1. The van der Waals surface area contributed by atoms with Crippen LogP contribution in [0, 0.1) is 0 Å². The lowest BCUT2D eigenvalue weighted by atomic mass is 10.2. The summed E-state index contributed by atoms with van der Waals surface area (Å²) in [5, 5.41) is 0. The predicted molar refractivity (Wildman–Crippen MR) is 58.9 cm³/mol. The van der Waals surface area contributed by atoms with Gasteiger partial charge in [-0.25, -0.2) is 0 Å². The summed E-state index contributed by atoms with van der Waals surface area (Å²) in [6.07, 6.45) is 1.13. The molecule has 0 saturated carbocycles. The summed E-state index contributed by atoms with van der Waals surface area (Å²) in [6, 6.07) is 11.6. The van der Waals surface area contributed by atoms with Gasteiger partial charge in [0.15, 0.2) is 0 Å². The minimum absolute atomic E-state index is 0.369. The molecule has 1 aromatic rings. The summed E-state index contributed by atoms with van der Waals surface area (Å²) >= 11 is 0. The van der Waals surface area contributed by atoms with Crippen LogP contribution in [0.5, 0.6) is 0 Å². The summed E-state index contributed by atoms with van der Waals surface area (Å²) < 4.78 is 0. The Morgan fingerprint density at radius 2 is 2.07 bits per heavy atom. The molecule has 0 radical (unpaired) electrons. The molecule has 2 rings (SSSR count). The van der Waals surface area contributed by atoms with E-state index in [1.54, 1.807) is 0 Å². The number of nitrogens with zero attached hydrogens (tertiary/aromatic N) is 1. The first-order valence-electron chi connectivity index (χ1n) is 5.29. The van der Waals surface area contributed by atoms with E-state index >= 15 is 0 Å². The van der Waals surface area contributed by atoms with E-state index in [2.05, 4.69) is 42.2 Å². The van der Waals surface area contributed by atoms with Crippen molar-refractivity contribution in [2.24, 2.45) is 5.73 Å². The van der Waals surface area contributed by atoms with Crippen LogP contribution in [0.15, 0.2) is 30.3 Å². The van der Waals surface area contributed by atoms with Gasteiger partial charge >= 0.3 is 0 Å². The minimum atomic E-state index is 0.369. The maximum absolute atomic E-state index is 5.93. The Bertz CT molecular complexity index is 284. The molecule has 0 bridgehead atoms. The molecule has 0 aromatic heterocycles. The lowest BCUT2D eigenvalue weighted by Gasteiger charge is -2.20. The second-order valence-electron chi connectivity index (χ2n) is 4.26. The van der Waals surface area contributed by atoms with E-state index in [4.69, 9.17) is 5.73 Å². The maximum Gasteiger partial charge on any atom is 0.0237 e.